The lowest BCUT2D eigenvalue weighted by Gasteiger charge is -2.40. The highest BCUT2D eigenvalue weighted by molar-refractivity contribution is 6.74. The van der Waals surface area contributed by atoms with Gasteiger partial charge in [0.05, 0.1) is 18.1 Å². The number of methoxy groups -OCH3 is 1. The first-order valence-electron chi connectivity index (χ1n) is 9.61. The van der Waals surface area contributed by atoms with Gasteiger partial charge < -0.3 is 13.9 Å². The highest BCUT2D eigenvalue weighted by Crippen LogP contribution is 2.43. The zero-order valence-electron chi connectivity index (χ0n) is 17.7. The smallest absolute Gasteiger partial charge is 0.192 e. The third kappa shape index (κ3) is 3.55. The van der Waals surface area contributed by atoms with Gasteiger partial charge >= 0.3 is 0 Å². The van der Waals surface area contributed by atoms with Gasteiger partial charge in [0, 0.05) is 7.11 Å². The first-order chi connectivity index (χ1) is 12.6. The fourth-order valence-corrected chi connectivity index (χ4v) is 4.65. The van der Waals surface area contributed by atoms with E-state index in [1.165, 1.54) is 0 Å². The predicted molar refractivity (Wildman–Crippen MR) is 107 cm³/mol. The fraction of sp³-hybridized carbons (Fsp3) is 0.737. The highest BCUT2D eigenvalue weighted by Gasteiger charge is 2.50. The number of aromatic nitrogens is 4. The molecular weight excluding hydrogens is 360 g/mol. The van der Waals surface area contributed by atoms with E-state index < -0.39 is 8.32 Å². The van der Waals surface area contributed by atoms with Crippen LogP contribution in [-0.4, -0.2) is 53.3 Å². The molecule has 7 nitrogen and oxygen atoms in total. The standard InChI is InChI=1S/C19H32N4O3Si/c1-9-13-15(26-27(7,8)19(3,4)5)16(24-6)18(25-13)23-11-22-14-12(2)20-10-21-17(14)23/h10-11,13,15-16,18H,9H2,1-8H3/t13-,15?,16+,18-/m1/s1. The summed E-state index contributed by atoms with van der Waals surface area (Å²) < 4.78 is 21.0. The van der Waals surface area contributed by atoms with Gasteiger partial charge in [-0.3, -0.25) is 4.57 Å². The molecule has 2 aromatic rings. The summed E-state index contributed by atoms with van der Waals surface area (Å²) in [5.74, 6) is 0. The van der Waals surface area contributed by atoms with Crippen LogP contribution < -0.4 is 0 Å². The summed E-state index contributed by atoms with van der Waals surface area (Å²) in [6, 6.07) is 0. The Bertz CT molecular complexity index is 802. The molecule has 0 spiro atoms. The topological polar surface area (TPSA) is 71.3 Å². The van der Waals surface area contributed by atoms with Gasteiger partial charge in [0.1, 0.15) is 24.1 Å². The lowest BCUT2D eigenvalue weighted by atomic mass is 10.1. The van der Waals surface area contributed by atoms with Crippen LogP contribution in [0.2, 0.25) is 18.1 Å². The summed E-state index contributed by atoms with van der Waals surface area (Å²) in [6.07, 6.45) is 3.49. The number of rotatable bonds is 5. The Labute approximate surface area is 162 Å². The first kappa shape index (κ1) is 20.4. The fourth-order valence-electron chi connectivity index (χ4n) is 3.33. The third-order valence-corrected chi connectivity index (χ3v) is 10.5. The van der Waals surface area contributed by atoms with Crippen LogP contribution >= 0.6 is 0 Å². The molecule has 1 aliphatic heterocycles. The maximum Gasteiger partial charge on any atom is 0.192 e. The molecule has 0 aliphatic carbocycles. The predicted octanol–water partition coefficient (Wildman–Crippen LogP) is 3.85. The van der Waals surface area contributed by atoms with Crippen LogP contribution in [0, 0.1) is 6.92 Å². The second-order valence-electron chi connectivity index (χ2n) is 8.80. The first-order valence-corrected chi connectivity index (χ1v) is 12.5. The number of ether oxygens (including phenoxy) is 2. The van der Waals surface area contributed by atoms with Crippen LogP contribution in [-0.2, 0) is 13.9 Å². The van der Waals surface area contributed by atoms with Crippen LogP contribution in [0.1, 0.15) is 46.0 Å². The van der Waals surface area contributed by atoms with E-state index in [-0.39, 0.29) is 29.6 Å². The van der Waals surface area contributed by atoms with Crippen molar-refractivity contribution in [3.8, 4) is 0 Å². The zero-order valence-corrected chi connectivity index (χ0v) is 18.7. The van der Waals surface area contributed by atoms with Crippen molar-refractivity contribution in [3.05, 3.63) is 18.3 Å². The van der Waals surface area contributed by atoms with Gasteiger partial charge in [-0.2, -0.15) is 0 Å². The largest absolute Gasteiger partial charge is 0.408 e. The quantitative estimate of drug-likeness (QED) is 0.720. The van der Waals surface area contributed by atoms with Gasteiger partial charge in [0.25, 0.3) is 0 Å². The number of hydrogen-bond acceptors (Lipinski definition) is 6. The molecule has 1 saturated heterocycles. The molecule has 0 bridgehead atoms. The van der Waals surface area contributed by atoms with Gasteiger partial charge in [-0.05, 0) is 31.5 Å². The average Bonchev–Trinajstić information content (AvgIpc) is 3.15. The van der Waals surface area contributed by atoms with Crippen molar-refractivity contribution in [2.75, 3.05) is 7.11 Å². The van der Waals surface area contributed by atoms with E-state index >= 15 is 0 Å². The molecule has 0 amide bonds. The molecule has 0 aromatic carbocycles. The molecule has 4 atom stereocenters. The molecule has 1 fully saturated rings. The molecule has 8 heteroatoms. The van der Waals surface area contributed by atoms with Crippen LogP contribution in [0.15, 0.2) is 12.7 Å². The lowest BCUT2D eigenvalue weighted by Crippen LogP contribution is -2.49. The number of hydrogen-bond donors (Lipinski definition) is 0. The van der Waals surface area contributed by atoms with Crippen molar-refractivity contribution in [2.45, 2.75) is 83.7 Å². The molecule has 27 heavy (non-hydrogen) atoms. The second-order valence-corrected chi connectivity index (χ2v) is 13.6. The van der Waals surface area contributed by atoms with Gasteiger partial charge in [-0.25, -0.2) is 15.0 Å². The normalized spacial score (nSPS) is 26.8. The van der Waals surface area contributed by atoms with Crippen LogP contribution in [0.5, 0.6) is 0 Å². The molecule has 1 aliphatic rings. The summed E-state index contributed by atoms with van der Waals surface area (Å²) in [4.78, 5) is 13.1. The Kier molecular flexibility index (Phi) is 5.46. The van der Waals surface area contributed by atoms with Gasteiger partial charge in [0.15, 0.2) is 20.2 Å². The minimum absolute atomic E-state index is 0.0329. The number of nitrogens with zero attached hydrogens (tertiary/aromatic N) is 4. The van der Waals surface area contributed by atoms with Gasteiger partial charge in [-0.15, -0.1) is 0 Å². The minimum atomic E-state index is -1.97. The van der Waals surface area contributed by atoms with Crippen molar-refractivity contribution in [2.24, 2.45) is 0 Å². The van der Waals surface area contributed by atoms with E-state index in [0.717, 1.165) is 23.3 Å². The Balaban J connectivity index is 1.97. The summed E-state index contributed by atoms with van der Waals surface area (Å²) in [5, 5.41) is 0.119. The van der Waals surface area contributed by atoms with Crippen molar-refractivity contribution < 1.29 is 13.9 Å². The summed E-state index contributed by atoms with van der Waals surface area (Å²) in [6.45, 7) is 15.3. The van der Waals surface area contributed by atoms with E-state index in [1.807, 2.05) is 11.5 Å². The summed E-state index contributed by atoms with van der Waals surface area (Å²) in [5.41, 5.74) is 2.40. The Morgan fingerprint density at radius 2 is 1.89 bits per heavy atom. The maximum absolute atomic E-state index is 6.76. The zero-order chi connectivity index (χ0) is 20.0. The van der Waals surface area contributed by atoms with Crippen molar-refractivity contribution in [1.29, 1.82) is 0 Å². The SMILES string of the molecule is CC[C@H]1O[C@@H](n2cnc3c(C)ncnc32)[C@@H](OC)C1O[Si](C)(C)C(C)(C)C. The average molecular weight is 393 g/mol. The third-order valence-electron chi connectivity index (χ3n) is 6.01. The second kappa shape index (κ2) is 7.23. The van der Waals surface area contributed by atoms with Gasteiger partial charge in [0.2, 0.25) is 0 Å². The molecule has 3 heterocycles. The van der Waals surface area contributed by atoms with E-state index in [4.69, 9.17) is 13.9 Å². The van der Waals surface area contributed by atoms with Crippen LogP contribution in [0.4, 0.5) is 0 Å². The number of imidazole rings is 1. The lowest BCUT2D eigenvalue weighted by molar-refractivity contribution is -0.0494. The van der Waals surface area contributed by atoms with E-state index in [0.29, 0.717) is 0 Å². The molecular formula is C19H32N4O3Si. The molecule has 0 radical (unpaired) electrons. The van der Waals surface area contributed by atoms with Crippen molar-refractivity contribution in [1.82, 2.24) is 19.5 Å². The van der Waals surface area contributed by atoms with Crippen molar-refractivity contribution >= 4 is 19.5 Å². The van der Waals surface area contributed by atoms with Crippen LogP contribution in [0.3, 0.4) is 0 Å². The van der Waals surface area contributed by atoms with E-state index in [1.54, 1.807) is 19.8 Å². The Morgan fingerprint density at radius 3 is 2.48 bits per heavy atom. The Hall–Kier alpha value is -1.35. The van der Waals surface area contributed by atoms with Crippen LogP contribution in [0.25, 0.3) is 11.2 Å². The summed E-state index contributed by atoms with van der Waals surface area (Å²) >= 11 is 0. The monoisotopic (exact) mass is 392 g/mol. The number of aryl methyl sites for hydroxylation is 1. The van der Waals surface area contributed by atoms with Gasteiger partial charge in [-0.1, -0.05) is 27.7 Å². The molecule has 3 rings (SSSR count). The number of fused-ring (bicyclic) bond motifs is 1. The molecule has 150 valence electrons. The maximum atomic E-state index is 6.76. The Morgan fingerprint density at radius 1 is 1.19 bits per heavy atom. The van der Waals surface area contributed by atoms with E-state index in [2.05, 4.69) is 55.7 Å². The van der Waals surface area contributed by atoms with E-state index in [9.17, 15) is 0 Å². The molecule has 0 N–H and O–H groups in total. The minimum Gasteiger partial charge on any atom is -0.408 e. The molecule has 0 saturated carbocycles. The molecule has 2 aromatic heterocycles. The molecule has 1 unspecified atom stereocenters. The summed E-state index contributed by atoms with van der Waals surface area (Å²) in [7, 11) is -0.251. The van der Waals surface area contributed by atoms with Crippen molar-refractivity contribution in [3.63, 3.8) is 0 Å². The highest BCUT2D eigenvalue weighted by atomic mass is 28.4.